The van der Waals surface area contributed by atoms with Gasteiger partial charge >= 0.3 is 5.97 Å². The molecule has 2 rings (SSSR count). The van der Waals surface area contributed by atoms with E-state index in [1.807, 2.05) is 30.3 Å². The highest BCUT2D eigenvalue weighted by Crippen LogP contribution is 2.07. The number of aromatic nitrogens is 1. The van der Waals surface area contributed by atoms with Crippen LogP contribution in [0.1, 0.15) is 39.6 Å². The van der Waals surface area contributed by atoms with Crippen LogP contribution in [0.25, 0.3) is 0 Å². The molecule has 0 radical (unpaired) electrons. The summed E-state index contributed by atoms with van der Waals surface area (Å²) >= 11 is 0. The van der Waals surface area contributed by atoms with Crippen molar-refractivity contribution in [3.63, 3.8) is 0 Å². The minimum absolute atomic E-state index is 0.0673. The number of carbonyl (C=O) groups excluding carboxylic acids is 1. The summed E-state index contributed by atoms with van der Waals surface area (Å²) in [5, 5.41) is 9.12. The van der Waals surface area contributed by atoms with Gasteiger partial charge in [0.25, 0.3) is 5.56 Å². The van der Waals surface area contributed by atoms with E-state index in [2.05, 4.69) is 0 Å². The molecule has 0 unspecified atom stereocenters. The number of carboxylic acids is 1. The summed E-state index contributed by atoms with van der Waals surface area (Å²) in [4.78, 5) is 35.3. The zero-order valence-electron chi connectivity index (χ0n) is 11.6. The van der Waals surface area contributed by atoms with E-state index >= 15 is 0 Å². The van der Waals surface area contributed by atoms with Crippen LogP contribution >= 0.6 is 0 Å². The lowest BCUT2D eigenvalue weighted by molar-refractivity contribution is 0.0696. The minimum Gasteiger partial charge on any atom is -0.478 e. The lowest BCUT2D eigenvalue weighted by Gasteiger charge is -2.09. The number of hydrogen-bond acceptors (Lipinski definition) is 3. The fourth-order valence-corrected chi connectivity index (χ4v) is 2.04. The van der Waals surface area contributed by atoms with Gasteiger partial charge in [-0.3, -0.25) is 9.59 Å². The van der Waals surface area contributed by atoms with Gasteiger partial charge in [-0.1, -0.05) is 37.3 Å². The van der Waals surface area contributed by atoms with Gasteiger partial charge in [-0.05, 0) is 11.6 Å². The van der Waals surface area contributed by atoms with Crippen LogP contribution in [0, 0.1) is 0 Å². The van der Waals surface area contributed by atoms with Gasteiger partial charge < -0.3 is 9.67 Å². The third-order valence-corrected chi connectivity index (χ3v) is 3.15. The number of Topliss-reactive ketones (excluding diaryl/α,β-unsaturated/α-hetero) is 1. The molecule has 21 heavy (non-hydrogen) atoms. The number of benzene rings is 1. The zero-order chi connectivity index (χ0) is 15.4. The summed E-state index contributed by atoms with van der Waals surface area (Å²) < 4.78 is 1.27. The fraction of sp³-hybridized carbons (Fsp3) is 0.188. The Morgan fingerprint density at radius 3 is 2.43 bits per heavy atom. The molecule has 0 aliphatic carbocycles. The first-order chi connectivity index (χ1) is 10.0. The van der Waals surface area contributed by atoms with Gasteiger partial charge in [0.2, 0.25) is 0 Å². The molecule has 1 heterocycles. The number of ketones is 1. The second-order valence-corrected chi connectivity index (χ2v) is 4.64. The number of hydrogen-bond donors (Lipinski definition) is 1. The van der Waals surface area contributed by atoms with E-state index in [1.165, 1.54) is 10.8 Å². The van der Waals surface area contributed by atoms with Crippen LogP contribution in [0.2, 0.25) is 0 Å². The lowest BCUT2D eigenvalue weighted by atomic mass is 10.1. The number of carbonyl (C=O) groups is 2. The Hall–Kier alpha value is -2.69. The summed E-state index contributed by atoms with van der Waals surface area (Å²) in [6.07, 6.45) is 1.42. The average Bonchev–Trinajstić information content (AvgIpc) is 2.49. The Balaban J connectivity index is 2.54. The maximum Gasteiger partial charge on any atom is 0.337 e. The third-order valence-electron chi connectivity index (χ3n) is 3.15. The molecule has 1 aromatic carbocycles. The van der Waals surface area contributed by atoms with E-state index in [9.17, 15) is 14.4 Å². The molecule has 108 valence electrons. The van der Waals surface area contributed by atoms with Gasteiger partial charge in [0.05, 0.1) is 17.7 Å². The molecule has 0 aliphatic rings. The first-order valence-electron chi connectivity index (χ1n) is 6.57. The Morgan fingerprint density at radius 2 is 1.86 bits per heavy atom. The van der Waals surface area contributed by atoms with Crippen molar-refractivity contribution in [2.24, 2.45) is 0 Å². The molecular formula is C16H15NO4. The van der Waals surface area contributed by atoms with Crippen LogP contribution in [-0.4, -0.2) is 21.4 Å². The van der Waals surface area contributed by atoms with Gasteiger partial charge in [-0.25, -0.2) is 4.79 Å². The van der Waals surface area contributed by atoms with Crippen molar-refractivity contribution in [2.45, 2.75) is 19.9 Å². The van der Waals surface area contributed by atoms with E-state index in [-0.39, 0.29) is 29.9 Å². The minimum atomic E-state index is -1.16. The molecular weight excluding hydrogens is 270 g/mol. The Labute approximate surface area is 121 Å². The molecule has 0 saturated carbocycles. The molecule has 2 aromatic rings. The standard InChI is InChI=1S/C16H15NO4/c1-2-14(18)13-8-12(16(20)21)10-17(15(13)19)9-11-6-4-3-5-7-11/h3-8,10H,2,9H2,1H3,(H,20,21). The molecule has 0 aliphatic heterocycles. The molecule has 0 amide bonds. The molecule has 1 aromatic heterocycles. The third kappa shape index (κ3) is 3.25. The van der Waals surface area contributed by atoms with Crippen LogP contribution in [-0.2, 0) is 6.54 Å². The molecule has 0 fully saturated rings. The monoisotopic (exact) mass is 285 g/mol. The maximum atomic E-state index is 12.3. The van der Waals surface area contributed by atoms with Gasteiger partial charge in [0.15, 0.2) is 5.78 Å². The van der Waals surface area contributed by atoms with E-state index in [4.69, 9.17) is 5.11 Å². The SMILES string of the molecule is CCC(=O)c1cc(C(=O)O)cn(Cc2ccccc2)c1=O. The topological polar surface area (TPSA) is 76.4 Å². The highest BCUT2D eigenvalue weighted by Gasteiger charge is 2.15. The van der Waals surface area contributed by atoms with Crippen LogP contribution in [0.15, 0.2) is 47.4 Å². The molecule has 0 saturated heterocycles. The first-order valence-corrected chi connectivity index (χ1v) is 6.57. The summed E-state index contributed by atoms with van der Waals surface area (Å²) in [5.74, 6) is -1.52. The Kier molecular flexibility index (Phi) is 4.33. The molecule has 5 nitrogen and oxygen atoms in total. The first kappa shape index (κ1) is 14.7. The number of nitrogens with zero attached hydrogens (tertiary/aromatic N) is 1. The second-order valence-electron chi connectivity index (χ2n) is 4.64. The molecule has 1 N–H and O–H groups in total. The van der Waals surface area contributed by atoms with Crippen molar-refractivity contribution in [1.29, 1.82) is 0 Å². The fourth-order valence-electron chi connectivity index (χ4n) is 2.04. The van der Waals surface area contributed by atoms with E-state index in [0.717, 1.165) is 11.6 Å². The molecule has 0 atom stereocenters. The zero-order valence-corrected chi connectivity index (χ0v) is 11.6. The highest BCUT2D eigenvalue weighted by atomic mass is 16.4. The van der Waals surface area contributed by atoms with Crippen molar-refractivity contribution in [3.8, 4) is 0 Å². The van der Waals surface area contributed by atoms with E-state index in [1.54, 1.807) is 6.92 Å². The molecule has 0 spiro atoms. The molecule has 0 bridgehead atoms. The van der Waals surface area contributed by atoms with Crippen molar-refractivity contribution < 1.29 is 14.7 Å². The number of pyridine rings is 1. The van der Waals surface area contributed by atoms with Crippen molar-refractivity contribution >= 4 is 11.8 Å². The van der Waals surface area contributed by atoms with Crippen LogP contribution < -0.4 is 5.56 Å². The summed E-state index contributed by atoms with van der Waals surface area (Å²) in [5.41, 5.74) is 0.253. The predicted molar refractivity (Wildman–Crippen MR) is 77.8 cm³/mol. The summed E-state index contributed by atoms with van der Waals surface area (Å²) in [6, 6.07) is 10.3. The van der Waals surface area contributed by atoms with Crippen LogP contribution in [0.5, 0.6) is 0 Å². The Bertz CT molecular complexity index is 732. The van der Waals surface area contributed by atoms with Gasteiger partial charge in [-0.15, -0.1) is 0 Å². The molecule has 5 heteroatoms. The number of rotatable bonds is 5. The quantitative estimate of drug-likeness (QED) is 0.854. The van der Waals surface area contributed by atoms with Gasteiger partial charge in [0, 0.05) is 12.6 Å². The van der Waals surface area contributed by atoms with Gasteiger partial charge in [0.1, 0.15) is 0 Å². The van der Waals surface area contributed by atoms with Crippen LogP contribution in [0.4, 0.5) is 0 Å². The normalized spacial score (nSPS) is 10.3. The van der Waals surface area contributed by atoms with Crippen molar-refractivity contribution in [2.75, 3.05) is 0 Å². The number of carboxylic acid groups (broad SMARTS) is 1. The predicted octanol–water partition coefficient (Wildman–Crippen LogP) is 2.19. The summed E-state index contributed by atoms with van der Waals surface area (Å²) in [6.45, 7) is 1.86. The highest BCUT2D eigenvalue weighted by molar-refractivity contribution is 5.98. The smallest absolute Gasteiger partial charge is 0.337 e. The van der Waals surface area contributed by atoms with Crippen LogP contribution in [0.3, 0.4) is 0 Å². The van der Waals surface area contributed by atoms with E-state index in [0.29, 0.717) is 0 Å². The summed E-state index contributed by atoms with van der Waals surface area (Å²) in [7, 11) is 0. The maximum absolute atomic E-state index is 12.3. The second kappa shape index (κ2) is 6.17. The van der Waals surface area contributed by atoms with Gasteiger partial charge in [-0.2, -0.15) is 0 Å². The van der Waals surface area contributed by atoms with Crippen molar-refractivity contribution in [3.05, 3.63) is 69.6 Å². The average molecular weight is 285 g/mol. The van der Waals surface area contributed by atoms with E-state index < -0.39 is 11.5 Å². The van der Waals surface area contributed by atoms with Crippen molar-refractivity contribution in [1.82, 2.24) is 4.57 Å². The largest absolute Gasteiger partial charge is 0.478 e. The lowest BCUT2D eigenvalue weighted by Crippen LogP contribution is -2.27. The Morgan fingerprint density at radius 1 is 1.19 bits per heavy atom. The number of aromatic carboxylic acids is 1.